The van der Waals surface area contributed by atoms with E-state index in [1.807, 2.05) is 18.4 Å². The molecule has 4 heterocycles. The standard InChI is InChI=1S/C12H14ClN5O2S/c1-12(2)19-5-3-21-10(7(5)20-12)18-4-15-6-8(13)16-11(14)17-9(6)18/h4-5,7,10H,3H2,1-2H3,(H2,14,16,17)/t5-,7-,10+/m0/s1. The number of nitrogens with zero attached hydrogens (tertiary/aromatic N) is 4. The van der Waals surface area contributed by atoms with Crippen LogP contribution in [-0.4, -0.2) is 43.3 Å². The maximum Gasteiger partial charge on any atom is 0.223 e. The van der Waals surface area contributed by atoms with Crippen molar-refractivity contribution in [3.05, 3.63) is 11.5 Å². The topological polar surface area (TPSA) is 88.1 Å². The van der Waals surface area contributed by atoms with Gasteiger partial charge in [0.05, 0.1) is 12.4 Å². The van der Waals surface area contributed by atoms with Crippen LogP contribution in [0.25, 0.3) is 11.2 Å². The van der Waals surface area contributed by atoms with Crippen LogP contribution < -0.4 is 5.73 Å². The molecule has 0 unspecified atom stereocenters. The Kier molecular flexibility index (Phi) is 2.88. The summed E-state index contributed by atoms with van der Waals surface area (Å²) in [4.78, 5) is 12.5. The number of halogens is 1. The molecule has 2 aliphatic heterocycles. The summed E-state index contributed by atoms with van der Waals surface area (Å²) in [6.45, 7) is 3.85. The van der Waals surface area contributed by atoms with Gasteiger partial charge in [0.2, 0.25) is 5.95 Å². The van der Waals surface area contributed by atoms with Crippen molar-refractivity contribution in [2.75, 3.05) is 11.5 Å². The monoisotopic (exact) mass is 327 g/mol. The zero-order valence-electron chi connectivity index (χ0n) is 11.5. The highest BCUT2D eigenvalue weighted by Gasteiger charge is 2.50. The zero-order chi connectivity index (χ0) is 14.8. The van der Waals surface area contributed by atoms with Crippen LogP contribution in [0.5, 0.6) is 0 Å². The first-order valence-electron chi connectivity index (χ1n) is 6.57. The lowest BCUT2D eigenvalue weighted by Gasteiger charge is -2.22. The quantitative estimate of drug-likeness (QED) is 0.799. The number of thioether (sulfide) groups is 1. The van der Waals surface area contributed by atoms with E-state index in [0.717, 1.165) is 5.75 Å². The minimum atomic E-state index is -0.559. The zero-order valence-corrected chi connectivity index (χ0v) is 13.1. The van der Waals surface area contributed by atoms with Gasteiger partial charge < -0.3 is 15.2 Å². The Morgan fingerprint density at radius 1 is 1.43 bits per heavy atom. The number of fused-ring (bicyclic) bond motifs is 2. The molecule has 0 spiro atoms. The molecule has 21 heavy (non-hydrogen) atoms. The van der Waals surface area contributed by atoms with E-state index in [9.17, 15) is 0 Å². The van der Waals surface area contributed by atoms with Crippen molar-refractivity contribution >= 4 is 40.5 Å². The second kappa shape index (κ2) is 4.45. The first-order valence-corrected chi connectivity index (χ1v) is 8.00. The molecule has 3 atom stereocenters. The van der Waals surface area contributed by atoms with Gasteiger partial charge in [-0.2, -0.15) is 9.97 Å². The molecule has 2 N–H and O–H groups in total. The molecular formula is C12H14ClN5O2S. The molecule has 0 radical (unpaired) electrons. The van der Waals surface area contributed by atoms with Gasteiger partial charge >= 0.3 is 0 Å². The van der Waals surface area contributed by atoms with Gasteiger partial charge in [0.1, 0.15) is 17.0 Å². The third-order valence-corrected chi connectivity index (χ3v) is 5.23. The highest BCUT2D eigenvalue weighted by atomic mass is 35.5. The predicted octanol–water partition coefficient (Wildman–Crippen LogP) is 1.83. The number of aromatic nitrogens is 4. The maximum atomic E-state index is 6.07. The van der Waals surface area contributed by atoms with Gasteiger partial charge in [0.25, 0.3) is 0 Å². The summed E-state index contributed by atoms with van der Waals surface area (Å²) >= 11 is 7.82. The Balaban J connectivity index is 1.77. The van der Waals surface area contributed by atoms with E-state index in [2.05, 4.69) is 15.0 Å². The fraction of sp³-hybridized carbons (Fsp3) is 0.583. The number of imidazole rings is 1. The molecule has 0 aromatic carbocycles. The van der Waals surface area contributed by atoms with Crippen LogP contribution in [0.1, 0.15) is 19.2 Å². The van der Waals surface area contributed by atoms with Crippen molar-refractivity contribution in [1.82, 2.24) is 19.5 Å². The molecule has 0 saturated carbocycles. The Labute approximate surface area is 130 Å². The molecular weight excluding hydrogens is 314 g/mol. The minimum absolute atomic E-state index is 0.0344. The van der Waals surface area contributed by atoms with E-state index >= 15 is 0 Å². The lowest BCUT2D eigenvalue weighted by molar-refractivity contribution is -0.146. The summed E-state index contributed by atoms with van der Waals surface area (Å²) in [6.07, 6.45) is 1.74. The Morgan fingerprint density at radius 2 is 2.24 bits per heavy atom. The van der Waals surface area contributed by atoms with Crippen LogP contribution in [0.15, 0.2) is 6.33 Å². The predicted molar refractivity (Wildman–Crippen MR) is 80.1 cm³/mol. The van der Waals surface area contributed by atoms with Crippen molar-refractivity contribution in [2.45, 2.75) is 37.2 Å². The average molecular weight is 328 g/mol. The van der Waals surface area contributed by atoms with Gasteiger partial charge in [0.15, 0.2) is 16.6 Å². The number of nitrogen functional groups attached to an aromatic ring is 1. The van der Waals surface area contributed by atoms with Crippen molar-refractivity contribution in [1.29, 1.82) is 0 Å². The summed E-state index contributed by atoms with van der Waals surface area (Å²) in [5.41, 5.74) is 6.86. The highest BCUT2D eigenvalue weighted by molar-refractivity contribution is 7.99. The molecule has 2 aromatic heterocycles. The number of rotatable bonds is 1. The normalized spacial score (nSPS) is 30.9. The smallest absolute Gasteiger partial charge is 0.223 e. The fourth-order valence-corrected chi connectivity index (χ4v) is 4.44. The molecule has 112 valence electrons. The van der Waals surface area contributed by atoms with E-state index in [0.29, 0.717) is 11.2 Å². The first kappa shape index (κ1) is 13.6. The molecule has 0 amide bonds. The molecule has 2 saturated heterocycles. The number of hydrogen-bond donors (Lipinski definition) is 1. The maximum absolute atomic E-state index is 6.07. The molecule has 2 aromatic rings. The van der Waals surface area contributed by atoms with Crippen LogP contribution in [0.3, 0.4) is 0 Å². The van der Waals surface area contributed by atoms with Gasteiger partial charge in [-0.25, -0.2) is 4.98 Å². The fourth-order valence-electron chi connectivity index (χ4n) is 2.84. The molecule has 7 nitrogen and oxygen atoms in total. The highest BCUT2D eigenvalue weighted by Crippen LogP contribution is 2.47. The summed E-state index contributed by atoms with van der Waals surface area (Å²) < 4.78 is 13.9. The summed E-state index contributed by atoms with van der Waals surface area (Å²) in [7, 11) is 0. The van der Waals surface area contributed by atoms with E-state index in [1.54, 1.807) is 18.1 Å². The van der Waals surface area contributed by atoms with Crippen LogP contribution in [0.4, 0.5) is 5.95 Å². The van der Waals surface area contributed by atoms with Gasteiger partial charge in [0, 0.05) is 5.75 Å². The number of nitrogens with two attached hydrogens (primary N) is 1. The minimum Gasteiger partial charge on any atom is -0.368 e. The second-order valence-electron chi connectivity index (χ2n) is 5.56. The molecule has 9 heteroatoms. The second-order valence-corrected chi connectivity index (χ2v) is 7.07. The van der Waals surface area contributed by atoms with Gasteiger partial charge in [-0.05, 0) is 13.8 Å². The van der Waals surface area contributed by atoms with Gasteiger partial charge in [-0.15, -0.1) is 11.8 Å². The van der Waals surface area contributed by atoms with Gasteiger partial charge in [-0.3, -0.25) is 4.57 Å². The molecule has 2 aliphatic rings. The lowest BCUT2D eigenvalue weighted by atomic mass is 10.2. The largest absolute Gasteiger partial charge is 0.368 e. The van der Waals surface area contributed by atoms with Crippen molar-refractivity contribution in [3.8, 4) is 0 Å². The molecule has 4 rings (SSSR count). The summed E-state index contributed by atoms with van der Waals surface area (Å²) in [5.74, 6) is 0.446. The van der Waals surface area contributed by atoms with Crippen molar-refractivity contribution in [3.63, 3.8) is 0 Å². The van der Waals surface area contributed by atoms with E-state index in [4.69, 9.17) is 26.8 Å². The molecule has 0 aliphatic carbocycles. The SMILES string of the molecule is CC1(C)O[C@H]2[C@H](CS[C@H]2n2cnc3c(Cl)nc(N)nc32)O1. The van der Waals surface area contributed by atoms with E-state index < -0.39 is 5.79 Å². The first-order chi connectivity index (χ1) is 9.94. The summed E-state index contributed by atoms with van der Waals surface area (Å²) in [6, 6.07) is 0. The van der Waals surface area contributed by atoms with Crippen LogP contribution in [-0.2, 0) is 9.47 Å². The van der Waals surface area contributed by atoms with Gasteiger partial charge in [-0.1, -0.05) is 11.6 Å². The van der Waals surface area contributed by atoms with Crippen LogP contribution in [0.2, 0.25) is 5.15 Å². The third kappa shape index (κ3) is 2.09. The third-order valence-electron chi connectivity index (χ3n) is 3.60. The average Bonchev–Trinajstić information content (AvgIpc) is 3.00. The molecule has 0 bridgehead atoms. The Morgan fingerprint density at radius 3 is 3.05 bits per heavy atom. The Bertz CT molecular complexity index is 721. The number of anilines is 1. The molecule has 2 fully saturated rings. The van der Waals surface area contributed by atoms with E-state index in [1.165, 1.54) is 0 Å². The number of hydrogen-bond acceptors (Lipinski definition) is 7. The number of ether oxygens (including phenoxy) is 2. The van der Waals surface area contributed by atoms with Crippen LogP contribution in [0, 0.1) is 0 Å². The van der Waals surface area contributed by atoms with E-state index in [-0.39, 0.29) is 28.7 Å². The van der Waals surface area contributed by atoms with Crippen LogP contribution >= 0.6 is 23.4 Å². The van der Waals surface area contributed by atoms with Crippen molar-refractivity contribution in [2.24, 2.45) is 0 Å². The van der Waals surface area contributed by atoms with Crippen molar-refractivity contribution < 1.29 is 9.47 Å². The summed E-state index contributed by atoms with van der Waals surface area (Å²) in [5, 5.41) is 0.298. The lowest BCUT2D eigenvalue weighted by Crippen LogP contribution is -2.26. The Hall–Kier alpha value is -1.09.